The van der Waals surface area contributed by atoms with Crippen molar-refractivity contribution < 1.29 is 12.8 Å². The number of halogens is 3. The summed E-state index contributed by atoms with van der Waals surface area (Å²) in [7, 11) is -3.52. The molecule has 2 nitrogen and oxygen atoms in total. The molecule has 0 aromatic heterocycles. The molecule has 0 saturated heterocycles. The zero-order valence-corrected chi connectivity index (χ0v) is 16.6. The topological polar surface area (TPSA) is 34.1 Å². The fourth-order valence-electron chi connectivity index (χ4n) is 2.67. The lowest BCUT2D eigenvalue weighted by atomic mass is 9.95. The van der Waals surface area contributed by atoms with E-state index in [0.29, 0.717) is 22.4 Å². The molecule has 2 aromatic rings. The van der Waals surface area contributed by atoms with Gasteiger partial charge in [0.2, 0.25) is 0 Å². The molecule has 0 saturated carbocycles. The van der Waals surface area contributed by atoms with Gasteiger partial charge in [0.15, 0.2) is 9.84 Å². The van der Waals surface area contributed by atoms with E-state index in [9.17, 15) is 12.8 Å². The van der Waals surface area contributed by atoms with Crippen molar-refractivity contribution in [1.82, 2.24) is 0 Å². The van der Waals surface area contributed by atoms with E-state index in [0.717, 1.165) is 36.6 Å². The summed E-state index contributed by atoms with van der Waals surface area (Å²) in [4.78, 5) is -0.246. The first-order valence-corrected chi connectivity index (χ1v) is 10.7. The van der Waals surface area contributed by atoms with Crippen molar-refractivity contribution >= 4 is 33.0 Å². The SMILES string of the molecule is CC(CCc1ccc(S(C)(=O)=O)c(F)c1)CCc1ccc(Cl)c(Cl)c1. The van der Waals surface area contributed by atoms with Gasteiger partial charge in [-0.15, -0.1) is 0 Å². The minimum absolute atomic E-state index is 0.246. The Labute approximate surface area is 158 Å². The molecule has 0 aliphatic heterocycles. The fraction of sp³-hybridized carbons (Fsp3) is 0.368. The van der Waals surface area contributed by atoms with Crippen LogP contribution < -0.4 is 0 Å². The smallest absolute Gasteiger partial charge is 0.178 e. The molecule has 136 valence electrons. The molecule has 0 heterocycles. The highest BCUT2D eigenvalue weighted by Crippen LogP contribution is 2.24. The number of hydrogen-bond donors (Lipinski definition) is 0. The molecule has 0 N–H and O–H groups in total. The van der Waals surface area contributed by atoms with Crippen LogP contribution in [0.25, 0.3) is 0 Å². The van der Waals surface area contributed by atoms with Crippen LogP contribution in [-0.2, 0) is 22.7 Å². The number of rotatable bonds is 7. The second-order valence-corrected chi connectivity index (χ2v) is 9.27. The van der Waals surface area contributed by atoms with Gasteiger partial charge in [-0.2, -0.15) is 0 Å². The average molecular weight is 403 g/mol. The Balaban J connectivity index is 1.88. The Hall–Kier alpha value is -1.10. The third-order valence-corrected chi connectivity index (χ3v) is 6.10. The normalized spacial score (nSPS) is 13.0. The van der Waals surface area contributed by atoms with Crippen LogP contribution in [0, 0.1) is 11.7 Å². The summed E-state index contributed by atoms with van der Waals surface area (Å²) in [5.41, 5.74) is 1.95. The third kappa shape index (κ3) is 5.98. The van der Waals surface area contributed by atoms with Crippen LogP contribution in [0.1, 0.15) is 30.9 Å². The first kappa shape index (κ1) is 20.2. The molecule has 0 fully saturated rings. The Kier molecular flexibility index (Phi) is 6.89. The zero-order chi connectivity index (χ0) is 18.6. The minimum atomic E-state index is -3.52. The van der Waals surface area contributed by atoms with Crippen molar-refractivity contribution in [2.24, 2.45) is 5.92 Å². The van der Waals surface area contributed by atoms with E-state index in [2.05, 4.69) is 6.92 Å². The van der Waals surface area contributed by atoms with Crippen LogP contribution in [0.4, 0.5) is 4.39 Å². The molecular formula is C19H21Cl2FO2S. The van der Waals surface area contributed by atoms with E-state index in [-0.39, 0.29) is 4.90 Å². The molecule has 0 bridgehead atoms. The van der Waals surface area contributed by atoms with Crippen LogP contribution in [0.5, 0.6) is 0 Å². The van der Waals surface area contributed by atoms with E-state index in [1.54, 1.807) is 12.1 Å². The number of sulfone groups is 1. The lowest BCUT2D eigenvalue weighted by Gasteiger charge is -2.12. The highest BCUT2D eigenvalue weighted by Gasteiger charge is 2.14. The minimum Gasteiger partial charge on any atom is -0.224 e. The van der Waals surface area contributed by atoms with Gasteiger partial charge in [-0.05, 0) is 67.0 Å². The molecule has 0 amide bonds. The summed E-state index contributed by atoms with van der Waals surface area (Å²) < 4.78 is 36.8. The Morgan fingerprint density at radius 3 is 2.04 bits per heavy atom. The Bertz CT molecular complexity index is 850. The summed E-state index contributed by atoms with van der Waals surface area (Å²) in [6, 6.07) is 10.0. The molecule has 2 rings (SSSR count). The molecule has 0 radical (unpaired) electrons. The Morgan fingerprint density at radius 1 is 0.960 bits per heavy atom. The van der Waals surface area contributed by atoms with Crippen molar-refractivity contribution in [3.63, 3.8) is 0 Å². The van der Waals surface area contributed by atoms with E-state index in [1.807, 2.05) is 12.1 Å². The van der Waals surface area contributed by atoms with Crippen molar-refractivity contribution in [3.8, 4) is 0 Å². The quantitative estimate of drug-likeness (QED) is 0.591. The molecule has 0 aliphatic rings. The van der Waals surface area contributed by atoms with Crippen molar-refractivity contribution in [2.75, 3.05) is 6.26 Å². The van der Waals surface area contributed by atoms with Gasteiger partial charge in [0.25, 0.3) is 0 Å². The number of aryl methyl sites for hydroxylation is 2. The van der Waals surface area contributed by atoms with Crippen LogP contribution in [-0.4, -0.2) is 14.7 Å². The van der Waals surface area contributed by atoms with Gasteiger partial charge in [0.05, 0.1) is 10.0 Å². The lowest BCUT2D eigenvalue weighted by Crippen LogP contribution is -2.03. The maximum absolute atomic E-state index is 13.9. The maximum atomic E-state index is 13.9. The molecule has 0 spiro atoms. The van der Waals surface area contributed by atoms with Gasteiger partial charge in [-0.1, -0.05) is 42.3 Å². The predicted molar refractivity (Wildman–Crippen MR) is 102 cm³/mol. The van der Waals surface area contributed by atoms with Gasteiger partial charge in [-0.25, -0.2) is 12.8 Å². The molecular weight excluding hydrogens is 382 g/mol. The fourth-order valence-corrected chi connectivity index (χ4v) is 3.72. The molecule has 0 aliphatic carbocycles. The lowest BCUT2D eigenvalue weighted by molar-refractivity contribution is 0.491. The highest BCUT2D eigenvalue weighted by atomic mass is 35.5. The second kappa shape index (κ2) is 8.52. The van der Waals surface area contributed by atoms with E-state index in [4.69, 9.17) is 23.2 Å². The van der Waals surface area contributed by atoms with Crippen molar-refractivity contribution in [3.05, 3.63) is 63.4 Å². The second-order valence-electron chi connectivity index (χ2n) is 6.47. The van der Waals surface area contributed by atoms with Crippen molar-refractivity contribution in [2.45, 2.75) is 37.5 Å². The van der Waals surface area contributed by atoms with Gasteiger partial charge >= 0.3 is 0 Å². The first-order valence-electron chi connectivity index (χ1n) is 8.09. The van der Waals surface area contributed by atoms with Crippen LogP contribution in [0.15, 0.2) is 41.3 Å². The maximum Gasteiger partial charge on any atom is 0.178 e. The highest BCUT2D eigenvalue weighted by molar-refractivity contribution is 7.90. The van der Waals surface area contributed by atoms with Gasteiger partial charge in [0, 0.05) is 6.26 Å². The van der Waals surface area contributed by atoms with Crippen LogP contribution in [0.3, 0.4) is 0 Å². The number of hydrogen-bond acceptors (Lipinski definition) is 2. The third-order valence-electron chi connectivity index (χ3n) is 4.23. The van der Waals surface area contributed by atoms with E-state index in [1.165, 1.54) is 12.1 Å². The summed E-state index contributed by atoms with van der Waals surface area (Å²) in [6.07, 6.45) is 4.51. The summed E-state index contributed by atoms with van der Waals surface area (Å²) in [6.45, 7) is 2.15. The average Bonchev–Trinajstić information content (AvgIpc) is 2.53. The van der Waals surface area contributed by atoms with Crippen molar-refractivity contribution in [1.29, 1.82) is 0 Å². The van der Waals surface area contributed by atoms with Crippen LogP contribution in [0.2, 0.25) is 10.0 Å². The molecule has 1 atom stereocenters. The molecule has 6 heteroatoms. The summed E-state index contributed by atoms with van der Waals surface area (Å²) in [5, 5.41) is 1.12. The zero-order valence-electron chi connectivity index (χ0n) is 14.2. The van der Waals surface area contributed by atoms with E-state index >= 15 is 0 Å². The van der Waals surface area contributed by atoms with E-state index < -0.39 is 15.7 Å². The van der Waals surface area contributed by atoms with Gasteiger partial charge in [0.1, 0.15) is 10.7 Å². The standard InChI is InChI=1S/C19H21Cl2FO2S/c1-13(3-5-14-7-9-16(20)17(21)11-14)4-6-15-8-10-19(18(22)12-15)25(2,23)24/h7-13H,3-6H2,1-2H3. The summed E-state index contributed by atoms with van der Waals surface area (Å²) in [5.74, 6) is -0.226. The van der Waals surface area contributed by atoms with Gasteiger partial charge < -0.3 is 0 Å². The van der Waals surface area contributed by atoms with Crippen LogP contribution >= 0.6 is 23.2 Å². The molecule has 25 heavy (non-hydrogen) atoms. The summed E-state index contributed by atoms with van der Waals surface area (Å²) >= 11 is 11.9. The molecule has 2 aromatic carbocycles. The number of benzene rings is 2. The van der Waals surface area contributed by atoms with Gasteiger partial charge in [-0.3, -0.25) is 0 Å². The first-order chi connectivity index (χ1) is 11.7. The predicted octanol–water partition coefficient (Wildman–Crippen LogP) is 5.74. The largest absolute Gasteiger partial charge is 0.224 e. The molecule has 1 unspecified atom stereocenters. The monoisotopic (exact) mass is 402 g/mol. The Morgan fingerprint density at radius 2 is 1.52 bits per heavy atom.